The standard InChI is InChI=1S/C15H25N3O/c1-18(10-7-13-5-2-3-9-17-13)14-6-4-8-15(16,11-14)12-19/h2-3,5,9,14,19H,4,6-8,10-12,16H2,1H3. The van der Waals surface area contributed by atoms with E-state index in [1.54, 1.807) is 0 Å². The highest BCUT2D eigenvalue weighted by Crippen LogP contribution is 2.28. The van der Waals surface area contributed by atoms with Crippen LogP contribution in [0.5, 0.6) is 0 Å². The van der Waals surface area contributed by atoms with E-state index in [1.807, 2.05) is 18.3 Å². The van der Waals surface area contributed by atoms with Crippen LogP contribution in [0.15, 0.2) is 24.4 Å². The topological polar surface area (TPSA) is 62.4 Å². The minimum Gasteiger partial charge on any atom is -0.394 e. The number of nitrogens with two attached hydrogens (primary N) is 1. The molecule has 0 bridgehead atoms. The summed E-state index contributed by atoms with van der Waals surface area (Å²) in [7, 11) is 2.15. The van der Waals surface area contributed by atoms with Crippen molar-refractivity contribution in [2.24, 2.45) is 5.73 Å². The maximum atomic E-state index is 9.40. The Balaban J connectivity index is 1.84. The van der Waals surface area contributed by atoms with Crippen molar-refractivity contribution >= 4 is 0 Å². The molecule has 1 aromatic rings. The molecule has 1 heterocycles. The fourth-order valence-corrected chi connectivity index (χ4v) is 2.90. The molecule has 1 aliphatic carbocycles. The van der Waals surface area contributed by atoms with E-state index >= 15 is 0 Å². The van der Waals surface area contributed by atoms with E-state index in [0.29, 0.717) is 6.04 Å². The second kappa shape index (κ2) is 6.46. The second-order valence-corrected chi connectivity index (χ2v) is 5.82. The first-order valence-corrected chi connectivity index (χ1v) is 7.13. The van der Waals surface area contributed by atoms with Crippen LogP contribution < -0.4 is 5.73 Å². The number of aliphatic hydroxyl groups is 1. The number of aromatic nitrogens is 1. The Morgan fingerprint density at radius 2 is 2.37 bits per heavy atom. The van der Waals surface area contributed by atoms with Crippen LogP contribution in [0.2, 0.25) is 0 Å². The molecule has 2 atom stereocenters. The van der Waals surface area contributed by atoms with Crippen molar-refractivity contribution in [1.29, 1.82) is 0 Å². The van der Waals surface area contributed by atoms with Crippen molar-refractivity contribution in [3.05, 3.63) is 30.1 Å². The largest absolute Gasteiger partial charge is 0.394 e. The maximum absolute atomic E-state index is 9.40. The number of hydrogen-bond acceptors (Lipinski definition) is 4. The van der Waals surface area contributed by atoms with E-state index in [-0.39, 0.29) is 12.1 Å². The molecule has 0 spiro atoms. The van der Waals surface area contributed by atoms with Crippen molar-refractivity contribution in [2.45, 2.75) is 43.7 Å². The Morgan fingerprint density at radius 3 is 3.05 bits per heavy atom. The summed E-state index contributed by atoms with van der Waals surface area (Å²) in [5.74, 6) is 0. The van der Waals surface area contributed by atoms with E-state index in [4.69, 9.17) is 5.73 Å². The fraction of sp³-hybridized carbons (Fsp3) is 0.667. The minimum atomic E-state index is -0.373. The third-order valence-corrected chi connectivity index (χ3v) is 4.24. The smallest absolute Gasteiger partial charge is 0.0611 e. The summed E-state index contributed by atoms with van der Waals surface area (Å²) in [6, 6.07) is 6.52. The normalized spacial score (nSPS) is 27.7. The molecular formula is C15H25N3O. The molecule has 0 radical (unpaired) electrons. The third kappa shape index (κ3) is 4.00. The van der Waals surface area contributed by atoms with Gasteiger partial charge in [0.15, 0.2) is 0 Å². The molecule has 4 nitrogen and oxygen atoms in total. The molecule has 1 fully saturated rings. The predicted molar refractivity (Wildman–Crippen MR) is 76.8 cm³/mol. The molecule has 0 amide bonds. The molecule has 19 heavy (non-hydrogen) atoms. The van der Waals surface area contributed by atoms with E-state index in [2.05, 4.69) is 23.0 Å². The average Bonchev–Trinajstić information content (AvgIpc) is 2.46. The lowest BCUT2D eigenvalue weighted by Crippen LogP contribution is -2.52. The summed E-state index contributed by atoms with van der Waals surface area (Å²) in [5.41, 5.74) is 6.96. The Bertz CT molecular complexity index is 384. The SMILES string of the molecule is CN(CCc1ccccn1)C1CCCC(N)(CO)C1. The number of aliphatic hydroxyl groups excluding tert-OH is 1. The van der Waals surface area contributed by atoms with Gasteiger partial charge in [0.05, 0.1) is 6.61 Å². The zero-order valence-corrected chi connectivity index (χ0v) is 11.8. The van der Waals surface area contributed by atoms with Crippen LogP contribution in [0.25, 0.3) is 0 Å². The Morgan fingerprint density at radius 1 is 1.53 bits per heavy atom. The van der Waals surface area contributed by atoms with Crippen LogP contribution in [0.1, 0.15) is 31.4 Å². The van der Waals surface area contributed by atoms with E-state index < -0.39 is 0 Å². The van der Waals surface area contributed by atoms with Gasteiger partial charge in [0.1, 0.15) is 0 Å². The predicted octanol–water partition coefficient (Wildman–Crippen LogP) is 1.19. The zero-order valence-electron chi connectivity index (χ0n) is 11.8. The van der Waals surface area contributed by atoms with Gasteiger partial charge < -0.3 is 15.7 Å². The highest BCUT2D eigenvalue weighted by molar-refractivity contribution is 5.04. The molecule has 2 unspecified atom stereocenters. The molecular weight excluding hydrogens is 238 g/mol. The van der Waals surface area contributed by atoms with Gasteiger partial charge in [0, 0.05) is 36.4 Å². The number of pyridine rings is 1. The van der Waals surface area contributed by atoms with Gasteiger partial charge in [0.2, 0.25) is 0 Å². The van der Waals surface area contributed by atoms with Gasteiger partial charge in [-0.1, -0.05) is 6.07 Å². The maximum Gasteiger partial charge on any atom is 0.0611 e. The Kier molecular flexibility index (Phi) is 4.91. The lowest BCUT2D eigenvalue weighted by Gasteiger charge is -2.40. The molecule has 0 aromatic carbocycles. The van der Waals surface area contributed by atoms with Gasteiger partial charge in [-0.2, -0.15) is 0 Å². The van der Waals surface area contributed by atoms with Gasteiger partial charge in [-0.3, -0.25) is 4.98 Å². The van der Waals surface area contributed by atoms with Crippen molar-refractivity contribution in [2.75, 3.05) is 20.2 Å². The summed E-state index contributed by atoms with van der Waals surface area (Å²) in [6.45, 7) is 1.08. The molecule has 106 valence electrons. The van der Waals surface area contributed by atoms with Crippen molar-refractivity contribution < 1.29 is 5.11 Å². The number of rotatable bonds is 5. The van der Waals surface area contributed by atoms with Crippen LogP contribution in [0.3, 0.4) is 0 Å². The number of hydrogen-bond donors (Lipinski definition) is 2. The molecule has 4 heteroatoms. The molecule has 0 aliphatic heterocycles. The van der Waals surface area contributed by atoms with Crippen LogP contribution >= 0.6 is 0 Å². The van der Waals surface area contributed by atoms with E-state index in [9.17, 15) is 5.11 Å². The fourth-order valence-electron chi connectivity index (χ4n) is 2.90. The Hall–Kier alpha value is -0.970. The van der Waals surface area contributed by atoms with Gasteiger partial charge >= 0.3 is 0 Å². The summed E-state index contributed by atoms with van der Waals surface area (Å²) in [6.07, 6.45) is 6.92. The average molecular weight is 263 g/mol. The zero-order chi connectivity index (χ0) is 13.7. The molecule has 3 N–H and O–H groups in total. The molecule has 2 rings (SSSR count). The van der Waals surface area contributed by atoms with Gasteiger partial charge in [-0.05, 0) is 44.9 Å². The van der Waals surface area contributed by atoms with Crippen molar-refractivity contribution in [3.8, 4) is 0 Å². The van der Waals surface area contributed by atoms with Crippen molar-refractivity contribution in [1.82, 2.24) is 9.88 Å². The molecule has 0 saturated heterocycles. The van der Waals surface area contributed by atoms with Gasteiger partial charge in [-0.15, -0.1) is 0 Å². The first-order valence-electron chi connectivity index (χ1n) is 7.13. The summed E-state index contributed by atoms with van der Waals surface area (Å²) in [5, 5.41) is 9.40. The monoisotopic (exact) mass is 263 g/mol. The first kappa shape index (κ1) is 14.4. The number of nitrogens with zero attached hydrogens (tertiary/aromatic N) is 2. The summed E-state index contributed by atoms with van der Waals surface area (Å²) >= 11 is 0. The lowest BCUT2D eigenvalue weighted by atomic mass is 9.80. The second-order valence-electron chi connectivity index (χ2n) is 5.82. The van der Waals surface area contributed by atoms with E-state index in [0.717, 1.165) is 37.9 Å². The van der Waals surface area contributed by atoms with Crippen LogP contribution in [0.4, 0.5) is 0 Å². The Labute approximate surface area is 115 Å². The third-order valence-electron chi connectivity index (χ3n) is 4.24. The van der Waals surface area contributed by atoms with Crippen molar-refractivity contribution in [3.63, 3.8) is 0 Å². The quantitative estimate of drug-likeness (QED) is 0.837. The van der Waals surface area contributed by atoms with Gasteiger partial charge in [0.25, 0.3) is 0 Å². The van der Waals surface area contributed by atoms with Crippen LogP contribution in [-0.2, 0) is 6.42 Å². The highest BCUT2D eigenvalue weighted by Gasteiger charge is 2.33. The summed E-state index contributed by atoms with van der Waals surface area (Å²) < 4.78 is 0. The van der Waals surface area contributed by atoms with Crippen LogP contribution in [0, 0.1) is 0 Å². The van der Waals surface area contributed by atoms with Crippen LogP contribution in [-0.4, -0.2) is 46.8 Å². The lowest BCUT2D eigenvalue weighted by molar-refractivity contribution is 0.0950. The first-order chi connectivity index (χ1) is 9.13. The van der Waals surface area contributed by atoms with Gasteiger partial charge in [-0.25, -0.2) is 0 Å². The van der Waals surface area contributed by atoms with E-state index in [1.165, 1.54) is 6.42 Å². The minimum absolute atomic E-state index is 0.0948. The highest BCUT2D eigenvalue weighted by atomic mass is 16.3. The summed E-state index contributed by atoms with van der Waals surface area (Å²) in [4.78, 5) is 6.72. The molecule has 1 saturated carbocycles. The molecule has 1 aliphatic rings. The molecule has 1 aromatic heterocycles. The number of likely N-dealkylation sites (N-methyl/N-ethyl adjacent to an activating group) is 1.